The van der Waals surface area contributed by atoms with Crippen LogP contribution in [0.2, 0.25) is 0 Å². The number of unbranched alkanes of at least 4 members (excludes halogenated alkanes) is 16. The first-order chi connectivity index (χ1) is 21.2. The molecule has 2 unspecified atom stereocenters. The van der Waals surface area contributed by atoms with Crippen molar-refractivity contribution in [2.24, 2.45) is 0 Å². The number of hydrogen-bond acceptors (Lipinski definition) is 0. The summed E-state index contributed by atoms with van der Waals surface area (Å²) in [4.78, 5) is 3.77. The predicted octanol–water partition coefficient (Wildman–Crippen LogP) is 12.0. The molecule has 3 rings (SSSR count). The molecule has 2 heteroatoms. The summed E-state index contributed by atoms with van der Waals surface area (Å²) in [5.41, 5.74) is 2.90. The van der Waals surface area contributed by atoms with Crippen LogP contribution in [-0.2, 0) is 18.4 Å². The lowest BCUT2D eigenvalue weighted by atomic mass is 9.66. The molecule has 1 aromatic heterocycles. The molecule has 0 aliphatic heterocycles. The second kappa shape index (κ2) is 21.4. The standard InChI is InChI=1S/C41H64N2/c1-4-6-8-10-11-12-13-14-15-16-17-18-19-26-32-39(40-42-33-35-43(40)34-27-9-7-5-2)41(3,38-30-24-21-25-31-38)36-37-28-22-20-23-29-37/h20-25,28-31,33,35,39H,4-19,26-27,32,34,36H2,1-3H3/p+1. The van der Waals surface area contributed by atoms with Crippen LogP contribution < -0.4 is 4.57 Å². The SMILES string of the molecule is CCCCCCCCCCCCCCCCC(c1[nH]cc[n+]1CCCCCC)C(C)(Cc1ccccc1)c1ccccc1. The summed E-state index contributed by atoms with van der Waals surface area (Å²) in [6, 6.07) is 22.5. The van der Waals surface area contributed by atoms with Gasteiger partial charge in [0.2, 0.25) is 0 Å². The molecule has 2 atom stereocenters. The van der Waals surface area contributed by atoms with Crippen LogP contribution in [0.5, 0.6) is 0 Å². The van der Waals surface area contributed by atoms with Crippen LogP contribution in [0.4, 0.5) is 0 Å². The smallest absolute Gasteiger partial charge is 0.247 e. The van der Waals surface area contributed by atoms with E-state index in [1.54, 1.807) is 0 Å². The third-order valence-electron chi connectivity index (χ3n) is 9.84. The van der Waals surface area contributed by atoms with Gasteiger partial charge in [-0.25, -0.2) is 9.55 Å². The Morgan fingerprint density at radius 3 is 1.65 bits per heavy atom. The van der Waals surface area contributed by atoms with E-state index in [2.05, 4.69) is 103 Å². The Kier molecular flexibility index (Phi) is 17.5. The molecule has 43 heavy (non-hydrogen) atoms. The van der Waals surface area contributed by atoms with Gasteiger partial charge in [0.1, 0.15) is 12.4 Å². The first-order valence-corrected chi connectivity index (χ1v) is 18.3. The molecule has 0 saturated heterocycles. The minimum Gasteiger partial charge on any atom is -0.247 e. The number of nitrogens with one attached hydrogen (secondary N) is 1. The van der Waals surface area contributed by atoms with Gasteiger partial charge in [0.15, 0.2) is 0 Å². The summed E-state index contributed by atoms with van der Waals surface area (Å²) in [6.45, 7) is 8.26. The normalized spacial score (nSPS) is 13.7. The lowest BCUT2D eigenvalue weighted by Gasteiger charge is -2.37. The van der Waals surface area contributed by atoms with E-state index in [9.17, 15) is 0 Å². The highest BCUT2D eigenvalue weighted by atomic mass is 15.1. The fourth-order valence-electron chi connectivity index (χ4n) is 7.15. The van der Waals surface area contributed by atoms with Gasteiger partial charge in [-0.15, -0.1) is 0 Å². The van der Waals surface area contributed by atoms with Crippen molar-refractivity contribution >= 4 is 0 Å². The molecule has 2 nitrogen and oxygen atoms in total. The Morgan fingerprint density at radius 1 is 0.605 bits per heavy atom. The summed E-state index contributed by atoms with van der Waals surface area (Å²) in [7, 11) is 0. The summed E-state index contributed by atoms with van der Waals surface area (Å²) in [5, 5.41) is 0. The second-order valence-electron chi connectivity index (χ2n) is 13.5. The van der Waals surface area contributed by atoms with E-state index in [-0.39, 0.29) is 5.41 Å². The van der Waals surface area contributed by atoms with E-state index in [1.165, 1.54) is 139 Å². The Balaban J connectivity index is 1.61. The molecule has 1 heterocycles. The van der Waals surface area contributed by atoms with Crippen molar-refractivity contribution in [1.29, 1.82) is 0 Å². The molecule has 0 aliphatic rings. The lowest BCUT2D eigenvalue weighted by Crippen LogP contribution is -2.43. The van der Waals surface area contributed by atoms with Crippen molar-refractivity contribution in [2.75, 3.05) is 0 Å². The van der Waals surface area contributed by atoms with Crippen LogP contribution in [0, 0.1) is 0 Å². The Bertz CT molecular complexity index is 1060. The lowest BCUT2D eigenvalue weighted by molar-refractivity contribution is -0.705. The maximum Gasteiger partial charge on any atom is 0.258 e. The van der Waals surface area contributed by atoms with Gasteiger partial charge < -0.3 is 0 Å². The molecule has 0 spiro atoms. The third kappa shape index (κ3) is 12.7. The first kappa shape index (κ1) is 35.1. The molecule has 2 aromatic carbocycles. The van der Waals surface area contributed by atoms with E-state index in [1.807, 2.05) is 0 Å². The van der Waals surface area contributed by atoms with Gasteiger partial charge in [0.25, 0.3) is 5.82 Å². The van der Waals surface area contributed by atoms with E-state index >= 15 is 0 Å². The van der Waals surface area contributed by atoms with Crippen molar-refractivity contribution < 1.29 is 4.57 Å². The van der Waals surface area contributed by atoms with Gasteiger partial charge in [-0.1, -0.05) is 184 Å². The van der Waals surface area contributed by atoms with Gasteiger partial charge in [-0.3, -0.25) is 0 Å². The van der Waals surface area contributed by atoms with Gasteiger partial charge in [0.05, 0.1) is 12.5 Å². The zero-order chi connectivity index (χ0) is 30.4. The summed E-state index contributed by atoms with van der Waals surface area (Å²) in [5.74, 6) is 1.86. The molecule has 0 aliphatic carbocycles. The van der Waals surface area contributed by atoms with Crippen LogP contribution in [0.25, 0.3) is 0 Å². The molecule has 3 aromatic rings. The third-order valence-corrected chi connectivity index (χ3v) is 9.84. The molecule has 0 saturated carbocycles. The average Bonchev–Trinajstić information content (AvgIpc) is 3.50. The average molecular weight is 586 g/mol. The maximum absolute atomic E-state index is 3.77. The molecule has 0 amide bonds. The highest BCUT2D eigenvalue weighted by Crippen LogP contribution is 2.43. The van der Waals surface area contributed by atoms with Crippen LogP contribution in [-0.4, -0.2) is 4.98 Å². The number of nitrogens with zero attached hydrogens (tertiary/aromatic N) is 1. The maximum atomic E-state index is 3.77. The second-order valence-corrected chi connectivity index (χ2v) is 13.5. The van der Waals surface area contributed by atoms with Crippen LogP contribution >= 0.6 is 0 Å². The number of hydrogen-bond donors (Lipinski definition) is 1. The van der Waals surface area contributed by atoms with Crippen molar-refractivity contribution in [2.45, 2.75) is 167 Å². The number of H-pyrrole nitrogens is 1. The number of imidazole rings is 1. The summed E-state index contributed by atoms with van der Waals surface area (Å²) < 4.78 is 2.55. The Morgan fingerprint density at radius 2 is 1.09 bits per heavy atom. The topological polar surface area (TPSA) is 19.7 Å². The monoisotopic (exact) mass is 586 g/mol. The van der Waals surface area contributed by atoms with Crippen molar-refractivity contribution in [1.82, 2.24) is 4.98 Å². The number of aromatic nitrogens is 2. The van der Waals surface area contributed by atoms with Gasteiger partial charge >= 0.3 is 0 Å². The summed E-state index contributed by atoms with van der Waals surface area (Å²) >= 11 is 0. The number of aromatic amines is 1. The zero-order valence-corrected chi connectivity index (χ0v) is 28.3. The zero-order valence-electron chi connectivity index (χ0n) is 28.3. The van der Waals surface area contributed by atoms with Crippen LogP contribution in [0.15, 0.2) is 73.1 Å². The Hall–Kier alpha value is -2.35. The van der Waals surface area contributed by atoms with Gasteiger partial charge in [-0.2, -0.15) is 0 Å². The number of rotatable bonds is 25. The van der Waals surface area contributed by atoms with Gasteiger partial charge in [-0.05, 0) is 36.8 Å². The molecule has 238 valence electrons. The van der Waals surface area contributed by atoms with Crippen molar-refractivity contribution in [3.8, 4) is 0 Å². The molecular weight excluding hydrogens is 520 g/mol. The fraction of sp³-hybridized carbons (Fsp3) is 0.634. The molecule has 0 radical (unpaired) electrons. The molecule has 0 fully saturated rings. The van der Waals surface area contributed by atoms with E-state index in [4.69, 9.17) is 0 Å². The highest BCUT2D eigenvalue weighted by molar-refractivity contribution is 5.32. The summed E-state index contributed by atoms with van der Waals surface area (Å²) in [6.07, 6.45) is 31.7. The van der Waals surface area contributed by atoms with Crippen LogP contribution in [0.3, 0.4) is 0 Å². The highest BCUT2D eigenvalue weighted by Gasteiger charge is 2.41. The predicted molar refractivity (Wildman–Crippen MR) is 187 cm³/mol. The Labute approximate surface area is 266 Å². The van der Waals surface area contributed by atoms with E-state index in [0.717, 1.165) is 13.0 Å². The number of benzene rings is 2. The largest absolute Gasteiger partial charge is 0.258 e. The minimum absolute atomic E-state index is 0.00910. The van der Waals surface area contributed by atoms with Gasteiger partial charge in [0, 0.05) is 5.41 Å². The molecule has 0 bridgehead atoms. The first-order valence-electron chi connectivity index (χ1n) is 18.3. The fourth-order valence-corrected chi connectivity index (χ4v) is 7.15. The van der Waals surface area contributed by atoms with Crippen molar-refractivity contribution in [3.63, 3.8) is 0 Å². The quantitative estimate of drug-likeness (QED) is 0.0753. The van der Waals surface area contributed by atoms with Crippen molar-refractivity contribution in [3.05, 3.63) is 90.0 Å². The minimum atomic E-state index is 0.00910. The molecule has 1 N–H and O–H groups in total. The van der Waals surface area contributed by atoms with E-state index in [0.29, 0.717) is 5.92 Å². The molecular formula is C41H65N2+. The van der Waals surface area contributed by atoms with Crippen LogP contribution in [0.1, 0.15) is 166 Å². The number of aryl methyl sites for hydroxylation is 1. The van der Waals surface area contributed by atoms with E-state index < -0.39 is 0 Å².